The quantitative estimate of drug-likeness (QED) is 0.737. The van der Waals surface area contributed by atoms with Crippen LogP contribution >= 0.6 is 12.4 Å². The summed E-state index contributed by atoms with van der Waals surface area (Å²) in [4.78, 5) is 21.0. The minimum Gasteiger partial charge on any atom is -0.412 e. The van der Waals surface area contributed by atoms with Crippen molar-refractivity contribution in [3.63, 3.8) is 0 Å². The summed E-state index contributed by atoms with van der Waals surface area (Å²) in [6, 6.07) is 2.02. The van der Waals surface area contributed by atoms with Crippen molar-refractivity contribution >= 4 is 23.4 Å². The van der Waals surface area contributed by atoms with Crippen molar-refractivity contribution in [3.05, 3.63) is 36.7 Å². The monoisotopic (exact) mass is 334 g/mol. The number of nitrogens with one attached hydrogen (secondary N) is 2. The highest BCUT2D eigenvalue weighted by atomic mass is 35.5. The summed E-state index contributed by atoms with van der Waals surface area (Å²) >= 11 is 0. The Kier molecular flexibility index (Phi) is 5.59. The molecule has 4 heterocycles. The molecule has 4 rings (SSSR count). The van der Waals surface area contributed by atoms with Crippen molar-refractivity contribution in [3.8, 4) is 11.4 Å². The van der Waals surface area contributed by atoms with Crippen molar-refractivity contribution in [1.29, 1.82) is 0 Å². The van der Waals surface area contributed by atoms with E-state index in [1.807, 2.05) is 12.3 Å². The lowest BCUT2D eigenvalue weighted by Gasteiger charge is -2.20. The molecular formula is C15H19ClN6O. The van der Waals surface area contributed by atoms with Gasteiger partial charge in [0, 0.05) is 18.3 Å². The molecule has 3 aromatic heterocycles. The van der Waals surface area contributed by atoms with Crippen LogP contribution in [-0.4, -0.2) is 43.5 Å². The van der Waals surface area contributed by atoms with Crippen molar-refractivity contribution in [2.24, 2.45) is 0 Å². The Morgan fingerprint density at radius 3 is 2.61 bits per heavy atom. The highest BCUT2D eigenvalue weighted by Gasteiger charge is 2.18. The van der Waals surface area contributed by atoms with Crippen molar-refractivity contribution in [1.82, 2.24) is 30.2 Å². The van der Waals surface area contributed by atoms with E-state index in [9.17, 15) is 0 Å². The summed E-state index contributed by atoms with van der Waals surface area (Å²) in [5, 5.41) is 3.37. The van der Waals surface area contributed by atoms with E-state index in [-0.39, 0.29) is 17.9 Å². The molecule has 0 aliphatic carbocycles. The van der Waals surface area contributed by atoms with Crippen LogP contribution in [0.4, 0.5) is 0 Å². The van der Waals surface area contributed by atoms with E-state index in [0.29, 0.717) is 5.92 Å². The molecule has 4 N–H and O–H groups in total. The van der Waals surface area contributed by atoms with Crippen molar-refractivity contribution in [2.45, 2.75) is 18.8 Å². The zero-order valence-electron chi connectivity index (χ0n) is 12.5. The number of rotatable bonds is 2. The minimum absolute atomic E-state index is 0. The second-order valence-corrected chi connectivity index (χ2v) is 5.33. The Morgan fingerprint density at radius 1 is 1.04 bits per heavy atom. The molecule has 0 radical (unpaired) electrons. The van der Waals surface area contributed by atoms with E-state index < -0.39 is 0 Å². The smallest absolute Gasteiger partial charge is 0.132 e. The van der Waals surface area contributed by atoms with E-state index in [0.717, 1.165) is 54.2 Å². The summed E-state index contributed by atoms with van der Waals surface area (Å²) < 4.78 is 0. The van der Waals surface area contributed by atoms with Gasteiger partial charge < -0.3 is 15.8 Å². The first-order chi connectivity index (χ1) is 10.4. The summed E-state index contributed by atoms with van der Waals surface area (Å²) in [7, 11) is 0. The van der Waals surface area contributed by atoms with Crippen LogP contribution in [0.5, 0.6) is 0 Å². The van der Waals surface area contributed by atoms with Gasteiger partial charge in [0.15, 0.2) is 0 Å². The maximum absolute atomic E-state index is 4.73. The molecule has 7 nitrogen and oxygen atoms in total. The Hall–Kier alpha value is -2.09. The molecule has 0 atom stereocenters. The largest absolute Gasteiger partial charge is 0.412 e. The molecule has 1 aliphatic heterocycles. The van der Waals surface area contributed by atoms with Crippen LogP contribution in [0.1, 0.15) is 24.6 Å². The minimum atomic E-state index is 0. The van der Waals surface area contributed by atoms with Crippen LogP contribution in [-0.2, 0) is 0 Å². The second-order valence-electron chi connectivity index (χ2n) is 5.33. The van der Waals surface area contributed by atoms with Crippen LogP contribution in [0.15, 0.2) is 30.9 Å². The Bertz CT molecular complexity index is 757. The number of hydrogen-bond donors (Lipinski definition) is 2. The lowest BCUT2D eigenvalue weighted by molar-refractivity contribution is 0.446. The molecular weight excluding hydrogens is 316 g/mol. The average molecular weight is 335 g/mol. The molecule has 1 fully saturated rings. The number of piperidine rings is 1. The van der Waals surface area contributed by atoms with Crippen LogP contribution in [0.25, 0.3) is 22.4 Å². The van der Waals surface area contributed by atoms with Gasteiger partial charge in [-0.05, 0) is 32.0 Å². The number of halogens is 1. The predicted molar refractivity (Wildman–Crippen MR) is 90.6 cm³/mol. The number of aromatic nitrogens is 5. The fourth-order valence-electron chi connectivity index (χ4n) is 2.79. The molecule has 23 heavy (non-hydrogen) atoms. The Balaban J connectivity index is 0.000000960. The van der Waals surface area contributed by atoms with Crippen LogP contribution < -0.4 is 5.32 Å². The molecule has 0 unspecified atom stereocenters. The predicted octanol–water partition coefficient (Wildman–Crippen LogP) is 1.48. The first-order valence-electron chi connectivity index (χ1n) is 7.23. The highest BCUT2D eigenvalue weighted by Crippen LogP contribution is 2.25. The Morgan fingerprint density at radius 2 is 1.87 bits per heavy atom. The normalized spacial score (nSPS) is 15.0. The van der Waals surface area contributed by atoms with Gasteiger partial charge in [0.1, 0.15) is 11.5 Å². The number of fused-ring (bicyclic) bond motifs is 1. The van der Waals surface area contributed by atoms with Crippen molar-refractivity contribution < 1.29 is 5.48 Å². The number of hydrogen-bond acceptors (Lipinski definition) is 5. The van der Waals surface area contributed by atoms with E-state index in [4.69, 9.17) is 4.98 Å². The molecule has 0 bridgehead atoms. The molecule has 0 spiro atoms. The van der Waals surface area contributed by atoms with Gasteiger partial charge in [-0.3, -0.25) is 9.97 Å². The molecule has 0 saturated carbocycles. The highest BCUT2D eigenvalue weighted by molar-refractivity contribution is 5.85. The van der Waals surface area contributed by atoms with Gasteiger partial charge in [-0.25, -0.2) is 9.97 Å². The van der Waals surface area contributed by atoms with Gasteiger partial charge in [-0.15, -0.1) is 12.4 Å². The third-order valence-electron chi connectivity index (χ3n) is 3.93. The SMILES string of the molecule is Cl.O.c1cnc(-c2cc3nc(C4CCNCC4)ncc3[nH]2)cn1. The summed E-state index contributed by atoms with van der Waals surface area (Å²) in [6.45, 7) is 2.09. The first-order valence-corrected chi connectivity index (χ1v) is 7.23. The van der Waals surface area contributed by atoms with E-state index in [2.05, 4.69) is 25.3 Å². The third-order valence-corrected chi connectivity index (χ3v) is 3.93. The zero-order chi connectivity index (χ0) is 14.1. The van der Waals surface area contributed by atoms with Gasteiger partial charge >= 0.3 is 0 Å². The van der Waals surface area contributed by atoms with Gasteiger partial charge in [0.2, 0.25) is 0 Å². The zero-order valence-corrected chi connectivity index (χ0v) is 13.3. The Labute approximate surface area is 139 Å². The van der Waals surface area contributed by atoms with Crippen LogP contribution in [0.2, 0.25) is 0 Å². The van der Waals surface area contributed by atoms with Gasteiger partial charge in [0.25, 0.3) is 0 Å². The van der Waals surface area contributed by atoms with E-state index >= 15 is 0 Å². The van der Waals surface area contributed by atoms with E-state index in [1.165, 1.54) is 0 Å². The van der Waals surface area contributed by atoms with Crippen LogP contribution in [0.3, 0.4) is 0 Å². The van der Waals surface area contributed by atoms with Crippen molar-refractivity contribution in [2.75, 3.05) is 13.1 Å². The first kappa shape index (κ1) is 17.3. The molecule has 0 aromatic carbocycles. The molecule has 0 amide bonds. The maximum atomic E-state index is 4.73. The number of nitrogens with zero attached hydrogens (tertiary/aromatic N) is 4. The van der Waals surface area contributed by atoms with Gasteiger partial charge in [0.05, 0.1) is 29.1 Å². The average Bonchev–Trinajstić information content (AvgIpc) is 2.99. The van der Waals surface area contributed by atoms with Crippen LogP contribution in [0, 0.1) is 0 Å². The maximum Gasteiger partial charge on any atom is 0.132 e. The second kappa shape index (κ2) is 7.45. The lowest BCUT2D eigenvalue weighted by atomic mass is 9.97. The van der Waals surface area contributed by atoms with E-state index in [1.54, 1.807) is 18.6 Å². The molecule has 3 aromatic rings. The fourth-order valence-corrected chi connectivity index (χ4v) is 2.79. The molecule has 8 heteroatoms. The van der Waals surface area contributed by atoms with Gasteiger partial charge in [-0.2, -0.15) is 0 Å². The fraction of sp³-hybridized carbons (Fsp3) is 0.333. The number of H-pyrrole nitrogens is 1. The lowest BCUT2D eigenvalue weighted by Crippen LogP contribution is -2.27. The van der Waals surface area contributed by atoms with Gasteiger partial charge in [-0.1, -0.05) is 0 Å². The topological polar surface area (TPSA) is 111 Å². The molecule has 1 saturated heterocycles. The molecule has 122 valence electrons. The molecule has 1 aliphatic rings. The third kappa shape index (κ3) is 3.47. The summed E-state index contributed by atoms with van der Waals surface area (Å²) in [6.07, 6.45) is 9.18. The summed E-state index contributed by atoms with van der Waals surface area (Å²) in [5.74, 6) is 1.42. The summed E-state index contributed by atoms with van der Waals surface area (Å²) in [5.41, 5.74) is 3.63. The number of aromatic amines is 1. The standard InChI is InChI=1S/C15H16N6.ClH.H2O/c1-3-16-4-2-10(1)15-19-9-14-12(21-15)7-11(20-14)13-8-17-5-6-18-13;;/h5-10,16,20H,1-4H2;1H;1H2.